The van der Waals surface area contributed by atoms with Crippen LogP contribution in [0.2, 0.25) is 0 Å². The zero-order valence-electron chi connectivity index (χ0n) is 14.6. The van der Waals surface area contributed by atoms with Gasteiger partial charge in [-0.1, -0.05) is 54.6 Å². The molecule has 1 aliphatic rings. The third-order valence-corrected chi connectivity index (χ3v) is 5.04. The Hall–Kier alpha value is -2.73. The number of likely N-dealkylation sites (tertiary alicyclic amines) is 1. The minimum Gasteiger partial charge on any atom is -0.363 e. The molecule has 1 aliphatic heterocycles. The molecule has 1 unspecified atom stereocenters. The largest absolute Gasteiger partial charge is 0.363 e. The van der Waals surface area contributed by atoms with Crippen molar-refractivity contribution in [2.75, 3.05) is 13.1 Å². The van der Waals surface area contributed by atoms with Crippen molar-refractivity contribution in [2.45, 2.75) is 31.3 Å². The molecule has 1 amide bonds. The van der Waals surface area contributed by atoms with Gasteiger partial charge < -0.3 is 5.73 Å². The third-order valence-electron chi connectivity index (χ3n) is 5.04. The highest BCUT2D eigenvalue weighted by Gasteiger charge is 2.29. The van der Waals surface area contributed by atoms with Crippen LogP contribution < -0.4 is 5.73 Å². The predicted octanol–water partition coefficient (Wildman–Crippen LogP) is 2.87. The van der Waals surface area contributed by atoms with Crippen molar-refractivity contribution in [2.24, 2.45) is 5.73 Å². The van der Waals surface area contributed by atoms with E-state index >= 15 is 0 Å². The van der Waals surface area contributed by atoms with E-state index in [4.69, 9.17) is 5.73 Å². The Labute approximate surface area is 152 Å². The quantitative estimate of drug-likeness (QED) is 0.639. The number of nitro groups is 1. The molecular formula is C20H23N3O3. The molecule has 0 aromatic heterocycles. The standard InChI is InChI=1S/C20H23N3O3/c21-20(24)19(23(25)26)18-8-6-16(7-9-18)17-10-12-22(13-11-17)14-15-4-2-1-3-5-15/h1-9,17,19H,10-14H2,(H2,21,24). The maximum absolute atomic E-state index is 11.3. The second-order valence-corrected chi connectivity index (χ2v) is 6.79. The number of hydrogen-bond donors (Lipinski definition) is 1. The smallest absolute Gasteiger partial charge is 0.314 e. The summed E-state index contributed by atoms with van der Waals surface area (Å²) >= 11 is 0. The van der Waals surface area contributed by atoms with Gasteiger partial charge in [0.2, 0.25) is 0 Å². The monoisotopic (exact) mass is 353 g/mol. The molecule has 6 heteroatoms. The van der Waals surface area contributed by atoms with Gasteiger partial charge in [0, 0.05) is 17.0 Å². The molecule has 26 heavy (non-hydrogen) atoms. The number of carbonyl (C=O) groups is 1. The summed E-state index contributed by atoms with van der Waals surface area (Å²) in [5, 5.41) is 11.0. The molecule has 1 saturated heterocycles. The maximum atomic E-state index is 11.3. The number of hydrogen-bond acceptors (Lipinski definition) is 4. The van der Waals surface area contributed by atoms with E-state index in [1.165, 1.54) is 11.1 Å². The first-order chi connectivity index (χ1) is 12.5. The summed E-state index contributed by atoms with van der Waals surface area (Å²) in [6.45, 7) is 3.02. The highest BCUT2D eigenvalue weighted by atomic mass is 16.6. The van der Waals surface area contributed by atoms with Gasteiger partial charge in [-0.15, -0.1) is 0 Å². The van der Waals surface area contributed by atoms with Crippen molar-refractivity contribution in [1.82, 2.24) is 4.90 Å². The summed E-state index contributed by atoms with van der Waals surface area (Å²) in [6.07, 6.45) is 2.11. The number of carbonyl (C=O) groups excluding carboxylic acids is 1. The van der Waals surface area contributed by atoms with Crippen molar-refractivity contribution in [3.63, 3.8) is 0 Å². The van der Waals surface area contributed by atoms with Crippen LogP contribution in [-0.4, -0.2) is 28.8 Å². The van der Waals surface area contributed by atoms with Crippen molar-refractivity contribution in [3.05, 3.63) is 81.4 Å². The van der Waals surface area contributed by atoms with Gasteiger partial charge in [-0.3, -0.25) is 19.8 Å². The number of piperidine rings is 1. The number of rotatable bonds is 6. The van der Waals surface area contributed by atoms with E-state index in [0.29, 0.717) is 11.5 Å². The molecule has 0 saturated carbocycles. The van der Waals surface area contributed by atoms with Crippen LogP contribution in [-0.2, 0) is 11.3 Å². The maximum Gasteiger partial charge on any atom is 0.314 e. The Morgan fingerprint density at radius 2 is 1.73 bits per heavy atom. The van der Waals surface area contributed by atoms with E-state index in [9.17, 15) is 14.9 Å². The SMILES string of the molecule is NC(=O)C(c1ccc(C2CCN(Cc3ccccc3)CC2)cc1)[N+](=O)[O-]. The Balaban J connectivity index is 1.59. The topological polar surface area (TPSA) is 89.5 Å². The normalized spacial score (nSPS) is 16.9. The number of nitrogens with zero attached hydrogens (tertiary/aromatic N) is 2. The van der Waals surface area contributed by atoms with Gasteiger partial charge in [0.25, 0.3) is 5.91 Å². The first-order valence-corrected chi connectivity index (χ1v) is 8.83. The van der Waals surface area contributed by atoms with Crippen LogP contribution in [0.4, 0.5) is 0 Å². The van der Waals surface area contributed by atoms with Gasteiger partial charge in [0.05, 0.1) is 0 Å². The highest BCUT2D eigenvalue weighted by molar-refractivity contribution is 5.80. The van der Waals surface area contributed by atoms with Crippen LogP contribution in [0.1, 0.15) is 41.5 Å². The molecule has 0 bridgehead atoms. The van der Waals surface area contributed by atoms with Gasteiger partial charge in [0.15, 0.2) is 0 Å². The fourth-order valence-electron chi connectivity index (χ4n) is 3.61. The van der Waals surface area contributed by atoms with Crippen LogP contribution in [0.15, 0.2) is 54.6 Å². The van der Waals surface area contributed by atoms with Crippen LogP contribution in [0.5, 0.6) is 0 Å². The van der Waals surface area contributed by atoms with Crippen molar-refractivity contribution < 1.29 is 9.72 Å². The van der Waals surface area contributed by atoms with Gasteiger partial charge in [0.1, 0.15) is 0 Å². The molecule has 3 rings (SSSR count). The van der Waals surface area contributed by atoms with Crippen LogP contribution >= 0.6 is 0 Å². The first-order valence-electron chi connectivity index (χ1n) is 8.83. The molecule has 2 aromatic carbocycles. The van der Waals surface area contributed by atoms with Gasteiger partial charge >= 0.3 is 6.04 Å². The number of benzene rings is 2. The van der Waals surface area contributed by atoms with E-state index in [-0.39, 0.29) is 0 Å². The summed E-state index contributed by atoms with van der Waals surface area (Å²) in [7, 11) is 0. The summed E-state index contributed by atoms with van der Waals surface area (Å²) in [6, 6.07) is 16.1. The lowest BCUT2D eigenvalue weighted by atomic mass is 9.88. The van der Waals surface area contributed by atoms with E-state index in [2.05, 4.69) is 29.2 Å². The molecule has 0 radical (unpaired) electrons. The number of nitrogens with two attached hydrogens (primary N) is 1. The average Bonchev–Trinajstić information content (AvgIpc) is 2.63. The summed E-state index contributed by atoms with van der Waals surface area (Å²) in [5.41, 5.74) is 7.98. The Morgan fingerprint density at radius 1 is 1.12 bits per heavy atom. The minimum absolute atomic E-state index is 0.341. The Kier molecular flexibility index (Phi) is 5.63. The fourth-order valence-corrected chi connectivity index (χ4v) is 3.61. The molecule has 1 atom stereocenters. The van der Waals surface area contributed by atoms with E-state index in [1.807, 2.05) is 18.2 Å². The van der Waals surface area contributed by atoms with Gasteiger partial charge in [-0.2, -0.15) is 0 Å². The van der Waals surface area contributed by atoms with Crippen LogP contribution in [0, 0.1) is 10.1 Å². The van der Waals surface area contributed by atoms with E-state index < -0.39 is 16.9 Å². The first kappa shape index (κ1) is 18.1. The molecule has 136 valence electrons. The molecule has 1 heterocycles. The molecular weight excluding hydrogens is 330 g/mol. The molecule has 6 nitrogen and oxygen atoms in total. The van der Waals surface area contributed by atoms with E-state index in [0.717, 1.165) is 32.5 Å². The Morgan fingerprint density at radius 3 is 2.27 bits per heavy atom. The summed E-state index contributed by atoms with van der Waals surface area (Å²) < 4.78 is 0. The average molecular weight is 353 g/mol. The van der Waals surface area contributed by atoms with Crippen molar-refractivity contribution in [3.8, 4) is 0 Å². The second kappa shape index (κ2) is 8.10. The number of primary amides is 1. The van der Waals surface area contributed by atoms with Crippen molar-refractivity contribution in [1.29, 1.82) is 0 Å². The molecule has 0 spiro atoms. The molecule has 0 aliphatic carbocycles. The van der Waals surface area contributed by atoms with Crippen molar-refractivity contribution >= 4 is 5.91 Å². The molecule has 2 aromatic rings. The summed E-state index contributed by atoms with van der Waals surface area (Å²) in [4.78, 5) is 24.1. The molecule has 1 fully saturated rings. The Bertz CT molecular complexity index is 740. The lowest BCUT2D eigenvalue weighted by Gasteiger charge is -2.32. The zero-order chi connectivity index (χ0) is 18.5. The summed E-state index contributed by atoms with van der Waals surface area (Å²) in [5.74, 6) is -0.490. The van der Waals surface area contributed by atoms with E-state index in [1.54, 1.807) is 12.1 Å². The highest BCUT2D eigenvalue weighted by Crippen LogP contribution is 2.29. The zero-order valence-corrected chi connectivity index (χ0v) is 14.6. The fraction of sp³-hybridized carbons (Fsp3) is 0.350. The van der Waals surface area contributed by atoms with Crippen LogP contribution in [0.3, 0.4) is 0 Å². The lowest BCUT2D eigenvalue weighted by Crippen LogP contribution is -2.32. The van der Waals surface area contributed by atoms with Gasteiger partial charge in [-0.25, -0.2) is 0 Å². The van der Waals surface area contributed by atoms with Gasteiger partial charge in [-0.05, 0) is 43.0 Å². The third kappa shape index (κ3) is 4.26. The minimum atomic E-state index is -1.48. The molecule has 2 N–H and O–H groups in total. The number of amides is 1. The predicted molar refractivity (Wildman–Crippen MR) is 99.1 cm³/mol. The lowest BCUT2D eigenvalue weighted by molar-refractivity contribution is -0.513. The van der Waals surface area contributed by atoms with Crippen LogP contribution in [0.25, 0.3) is 0 Å². The second-order valence-electron chi connectivity index (χ2n) is 6.79.